The fraction of sp³-hybridized carbons (Fsp3) is 0.500. The molecule has 0 radical (unpaired) electrons. The van der Waals surface area contributed by atoms with Gasteiger partial charge in [0.25, 0.3) is 0 Å². The van der Waals surface area contributed by atoms with Gasteiger partial charge in [0.2, 0.25) is 0 Å². The molecule has 1 aliphatic heterocycles. The van der Waals surface area contributed by atoms with Crippen molar-refractivity contribution in [2.45, 2.75) is 45.1 Å². The van der Waals surface area contributed by atoms with Crippen LogP contribution in [-0.2, 0) is 5.41 Å². The highest BCUT2D eigenvalue weighted by molar-refractivity contribution is 14.0. The molecule has 2 N–H and O–H groups in total. The van der Waals surface area contributed by atoms with Gasteiger partial charge in [0.05, 0.1) is 6.54 Å². The van der Waals surface area contributed by atoms with E-state index in [0.717, 1.165) is 43.5 Å². The molecular formula is C24H36IN5O. The fourth-order valence-corrected chi connectivity index (χ4v) is 3.72. The Balaban J connectivity index is 0.00000341. The largest absolute Gasteiger partial charge is 0.491 e. The van der Waals surface area contributed by atoms with E-state index < -0.39 is 0 Å². The van der Waals surface area contributed by atoms with Gasteiger partial charge >= 0.3 is 0 Å². The quantitative estimate of drug-likeness (QED) is 0.250. The Kier molecular flexibility index (Phi) is 9.87. The van der Waals surface area contributed by atoms with Crippen molar-refractivity contribution in [2.75, 3.05) is 38.2 Å². The number of ether oxygens (including phenoxy) is 1. The number of aromatic nitrogens is 1. The predicted octanol–water partition coefficient (Wildman–Crippen LogP) is 4.21. The van der Waals surface area contributed by atoms with Crippen LogP contribution in [-0.4, -0.2) is 50.3 Å². The van der Waals surface area contributed by atoms with Crippen LogP contribution in [0.3, 0.4) is 0 Å². The van der Waals surface area contributed by atoms with Gasteiger partial charge in [0.1, 0.15) is 18.2 Å². The van der Waals surface area contributed by atoms with Gasteiger partial charge in [0.15, 0.2) is 5.96 Å². The number of anilines is 1. The van der Waals surface area contributed by atoms with Crippen LogP contribution in [0, 0.1) is 0 Å². The van der Waals surface area contributed by atoms with E-state index >= 15 is 0 Å². The molecule has 0 atom stereocenters. The van der Waals surface area contributed by atoms with E-state index in [0.29, 0.717) is 19.2 Å². The number of hydrogen-bond donors (Lipinski definition) is 2. The van der Waals surface area contributed by atoms with Gasteiger partial charge < -0.3 is 20.3 Å². The summed E-state index contributed by atoms with van der Waals surface area (Å²) in [5, 5.41) is 6.92. The molecule has 2 aromatic rings. The molecule has 1 saturated heterocycles. The SMILES string of the molecule is CN=C(NCCOc1ccccc1C(C)(C)C)NC1CCN(c2ccccn2)CC1.I. The number of nitrogens with one attached hydrogen (secondary N) is 2. The topological polar surface area (TPSA) is 61.8 Å². The summed E-state index contributed by atoms with van der Waals surface area (Å²) in [7, 11) is 1.81. The zero-order valence-electron chi connectivity index (χ0n) is 19.1. The molecule has 0 saturated carbocycles. The maximum Gasteiger partial charge on any atom is 0.191 e. The predicted molar refractivity (Wildman–Crippen MR) is 140 cm³/mol. The second-order valence-electron chi connectivity index (χ2n) is 8.69. The zero-order chi connectivity index (χ0) is 21.4. The van der Waals surface area contributed by atoms with Crippen molar-refractivity contribution in [3.63, 3.8) is 0 Å². The molecule has 1 aliphatic rings. The first-order valence-corrected chi connectivity index (χ1v) is 10.8. The summed E-state index contributed by atoms with van der Waals surface area (Å²) in [5.74, 6) is 2.85. The van der Waals surface area contributed by atoms with E-state index in [1.807, 2.05) is 37.5 Å². The normalized spacial score (nSPS) is 15.2. The standard InChI is InChI=1S/C24H35N5O.HI/c1-24(2,3)20-9-5-6-10-21(20)30-18-15-27-23(25-4)28-19-12-16-29(17-13-19)22-11-7-8-14-26-22;/h5-11,14,19H,12-13,15-18H2,1-4H3,(H2,25,27,28);1H. The van der Waals surface area contributed by atoms with E-state index in [2.05, 4.69) is 64.5 Å². The van der Waals surface area contributed by atoms with Gasteiger partial charge in [-0.05, 0) is 42.0 Å². The Morgan fingerprint density at radius 2 is 1.84 bits per heavy atom. The Bertz CT molecular complexity index is 814. The van der Waals surface area contributed by atoms with Crippen LogP contribution in [0.25, 0.3) is 0 Å². The zero-order valence-corrected chi connectivity index (χ0v) is 21.4. The number of nitrogens with zero attached hydrogens (tertiary/aromatic N) is 3. The van der Waals surface area contributed by atoms with Gasteiger partial charge in [-0.25, -0.2) is 4.98 Å². The lowest BCUT2D eigenvalue weighted by Gasteiger charge is -2.33. The number of benzene rings is 1. The van der Waals surface area contributed by atoms with Crippen molar-refractivity contribution in [3.05, 3.63) is 54.2 Å². The molecule has 6 nitrogen and oxygen atoms in total. The monoisotopic (exact) mass is 537 g/mol. The average Bonchev–Trinajstić information content (AvgIpc) is 2.76. The first kappa shape index (κ1) is 25.2. The van der Waals surface area contributed by atoms with Crippen LogP contribution < -0.4 is 20.3 Å². The number of pyridine rings is 1. The average molecular weight is 537 g/mol. The van der Waals surface area contributed by atoms with Crippen LogP contribution in [0.1, 0.15) is 39.2 Å². The summed E-state index contributed by atoms with van der Waals surface area (Å²) in [6.45, 7) is 9.91. The number of halogens is 1. The molecule has 1 aromatic carbocycles. The molecule has 31 heavy (non-hydrogen) atoms. The van der Waals surface area contributed by atoms with Gasteiger partial charge in [0, 0.05) is 32.4 Å². The van der Waals surface area contributed by atoms with E-state index in [1.54, 1.807) is 0 Å². The molecule has 0 bridgehead atoms. The smallest absolute Gasteiger partial charge is 0.191 e. The Labute approximate surface area is 203 Å². The molecule has 1 aromatic heterocycles. The molecule has 7 heteroatoms. The molecule has 1 fully saturated rings. The third kappa shape index (κ3) is 7.55. The summed E-state index contributed by atoms with van der Waals surface area (Å²) >= 11 is 0. The van der Waals surface area contributed by atoms with Gasteiger partial charge in [-0.15, -0.1) is 24.0 Å². The minimum absolute atomic E-state index is 0. The molecular weight excluding hydrogens is 501 g/mol. The minimum Gasteiger partial charge on any atom is -0.491 e. The van der Waals surface area contributed by atoms with Crippen molar-refractivity contribution in [1.29, 1.82) is 0 Å². The summed E-state index contributed by atoms with van der Waals surface area (Å²) in [6, 6.07) is 14.8. The molecule has 3 rings (SSSR count). The molecule has 0 spiro atoms. The van der Waals surface area contributed by atoms with Gasteiger partial charge in [-0.2, -0.15) is 0 Å². The Morgan fingerprint density at radius 1 is 1.13 bits per heavy atom. The highest BCUT2D eigenvalue weighted by Crippen LogP contribution is 2.30. The summed E-state index contributed by atoms with van der Waals surface area (Å²) < 4.78 is 6.05. The van der Waals surface area contributed by atoms with Crippen LogP contribution in [0.5, 0.6) is 5.75 Å². The number of rotatable bonds is 6. The van der Waals surface area contributed by atoms with Crippen molar-refractivity contribution in [1.82, 2.24) is 15.6 Å². The minimum atomic E-state index is 0. The fourth-order valence-electron chi connectivity index (χ4n) is 3.72. The molecule has 170 valence electrons. The lowest BCUT2D eigenvalue weighted by atomic mass is 9.86. The maximum atomic E-state index is 6.05. The number of guanidine groups is 1. The van der Waals surface area contributed by atoms with Crippen molar-refractivity contribution in [2.24, 2.45) is 4.99 Å². The summed E-state index contributed by atoms with van der Waals surface area (Å²) in [5.41, 5.74) is 1.29. The third-order valence-electron chi connectivity index (χ3n) is 5.38. The van der Waals surface area contributed by atoms with Crippen LogP contribution in [0.4, 0.5) is 5.82 Å². The second-order valence-corrected chi connectivity index (χ2v) is 8.69. The van der Waals surface area contributed by atoms with Crippen molar-refractivity contribution in [3.8, 4) is 5.75 Å². The summed E-state index contributed by atoms with van der Waals surface area (Å²) in [6.07, 6.45) is 3.98. The lowest BCUT2D eigenvalue weighted by molar-refractivity contribution is 0.312. The number of hydrogen-bond acceptors (Lipinski definition) is 4. The van der Waals surface area contributed by atoms with Crippen LogP contribution in [0.15, 0.2) is 53.7 Å². The Morgan fingerprint density at radius 3 is 2.48 bits per heavy atom. The van der Waals surface area contributed by atoms with Crippen molar-refractivity contribution >= 4 is 35.8 Å². The number of piperidine rings is 1. The highest BCUT2D eigenvalue weighted by atomic mass is 127. The van der Waals surface area contributed by atoms with Crippen LogP contribution in [0.2, 0.25) is 0 Å². The second kappa shape index (κ2) is 12.1. The lowest BCUT2D eigenvalue weighted by Crippen LogP contribution is -2.49. The van der Waals surface area contributed by atoms with Gasteiger partial charge in [-0.1, -0.05) is 45.0 Å². The van der Waals surface area contributed by atoms with E-state index in [4.69, 9.17) is 4.74 Å². The Hall–Kier alpha value is -2.03. The number of para-hydroxylation sites is 1. The van der Waals surface area contributed by atoms with E-state index in [9.17, 15) is 0 Å². The number of aliphatic imine (C=N–C) groups is 1. The summed E-state index contributed by atoms with van der Waals surface area (Å²) in [4.78, 5) is 11.2. The molecule has 2 heterocycles. The van der Waals surface area contributed by atoms with E-state index in [1.165, 1.54) is 5.56 Å². The van der Waals surface area contributed by atoms with Crippen LogP contribution >= 0.6 is 24.0 Å². The van der Waals surface area contributed by atoms with Gasteiger partial charge in [-0.3, -0.25) is 4.99 Å². The first-order valence-electron chi connectivity index (χ1n) is 10.8. The molecule has 0 aliphatic carbocycles. The maximum absolute atomic E-state index is 6.05. The third-order valence-corrected chi connectivity index (χ3v) is 5.38. The molecule has 0 unspecified atom stereocenters. The molecule has 0 amide bonds. The van der Waals surface area contributed by atoms with Crippen molar-refractivity contribution < 1.29 is 4.74 Å². The first-order chi connectivity index (χ1) is 14.5. The van der Waals surface area contributed by atoms with E-state index in [-0.39, 0.29) is 29.4 Å². The highest BCUT2D eigenvalue weighted by Gasteiger charge is 2.21.